The van der Waals surface area contributed by atoms with Crippen LogP contribution in [0.3, 0.4) is 0 Å². The number of nitrogens with zero attached hydrogens (tertiary/aromatic N) is 2. The molecule has 0 atom stereocenters. The lowest BCUT2D eigenvalue weighted by Gasteiger charge is -2.06. The summed E-state index contributed by atoms with van der Waals surface area (Å²) in [7, 11) is 0. The predicted octanol–water partition coefficient (Wildman–Crippen LogP) is 3.55. The molecule has 0 spiro atoms. The van der Waals surface area contributed by atoms with Gasteiger partial charge in [0.2, 0.25) is 0 Å². The Morgan fingerprint density at radius 3 is 2.47 bits per heavy atom. The molecule has 2 rings (SSSR count). The van der Waals surface area contributed by atoms with E-state index in [1.54, 1.807) is 0 Å². The molecular formula is C11H10Cl2N2. The van der Waals surface area contributed by atoms with Crippen LogP contribution in [0.1, 0.15) is 11.1 Å². The minimum Gasteiger partial charge on any atom is -0.268 e. The molecule has 0 saturated heterocycles. The molecule has 0 N–H and O–H groups in total. The third-order valence-electron chi connectivity index (χ3n) is 2.14. The van der Waals surface area contributed by atoms with Crippen LogP contribution in [0.2, 0.25) is 10.0 Å². The van der Waals surface area contributed by atoms with E-state index < -0.39 is 0 Å². The van der Waals surface area contributed by atoms with Crippen LogP contribution in [0, 0.1) is 6.92 Å². The number of hydrogen-bond donors (Lipinski definition) is 0. The van der Waals surface area contributed by atoms with E-state index in [-0.39, 0.29) is 0 Å². The van der Waals surface area contributed by atoms with Gasteiger partial charge in [-0.05, 0) is 24.6 Å². The van der Waals surface area contributed by atoms with Crippen molar-refractivity contribution in [3.63, 3.8) is 0 Å². The zero-order chi connectivity index (χ0) is 10.8. The summed E-state index contributed by atoms with van der Waals surface area (Å²) in [6.07, 6.45) is 3.77. The molecule has 78 valence electrons. The van der Waals surface area contributed by atoms with Gasteiger partial charge in [0.15, 0.2) is 0 Å². The third kappa shape index (κ3) is 2.33. The maximum Gasteiger partial charge on any atom is 0.0688 e. The summed E-state index contributed by atoms with van der Waals surface area (Å²) < 4.78 is 1.82. The zero-order valence-corrected chi connectivity index (χ0v) is 9.76. The molecule has 2 aromatic rings. The van der Waals surface area contributed by atoms with Gasteiger partial charge in [0, 0.05) is 21.8 Å². The van der Waals surface area contributed by atoms with Crippen molar-refractivity contribution in [1.29, 1.82) is 0 Å². The summed E-state index contributed by atoms with van der Waals surface area (Å²) in [5, 5.41) is 5.55. The van der Waals surface area contributed by atoms with E-state index in [0.29, 0.717) is 16.6 Å². The van der Waals surface area contributed by atoms with Crippen molar-refractivity contribution in [3.8, 4) is 0 Å². The van der Waals surface area contributed by atoms with Gasteiger partial charge in [-0.1, -0.05) is 29.3 Å². The van der Waals surface area contributed by atoms with E-state index in [1.165, 1.54) is 0 Å². The third-order valence-corrected chi connectivity index (χ3v) is 2.85. The summed E-state index contributed by atoms with van der Waals surface area (Å²) in [5.41, 5.74) is 2.03. The molecule has 0 aliphatic carbocycles. The average molecular weight is 241 g/mol. The van der Waals surface area contributed by atoms with Crippen molar-refractivity contribution in [2.45, 2.75) is 13.5 Å². The maximum atomic E-state index is 6.06. The first-order valence-electron chi connectivity index (χ1n) is 4.59. The van der Waals surface area contributed by atoms with Crippen molar-refractivity contribution >= 4 is 23.2 Å². The molecule has 2 nitrogen and oxygen atoms in total. The number of rotatable bonds is 2. The van der Waals surface area contributed by atoms with Crippen molar-refractivity contribution < 1.29 is 0 Å². The van der Waals surface area contributed by atoms with E-state index >= 15 is 0 Å². The monoisotopic (exact) mass is 240 g/mol. The van der Waals surface area contributed by atoms with Gasteiger partial charge >= 0.3 is 0 Å². The van der Waals surface area contributed by atoms with Crippen molar-refractivity contribution in [2.75, 3.05) is 0 Å². The Morgan fingerprint density at radius 2 is 1.93 bits per heavy atom. The Labute approximate surface area is 98.4 Å². The Morgan fingerprint density at radius 1 is 1.27 bits per heavy atom. The molecule has 0 radical (unpaired) electrons. The van der Waals surface area contributed by atoms with Crippen LogP contribution >= 0.6 is 23.2 Å². The first-order valence-corrected chi connectivity index (χ1v) is 5.34. The molecule has 1 heterocycles. The molecule has 1 aromatic carbocycles. The van der Waals surface area contributed by atoms with Crippen molar-refractivity contribution in [3.05, 3.63) is 51.8 Å². The lowest BCUT2D eigenvalue weighted by atomic mass is 10.2. The van der Waals surface area contributed by atoms with Gasteiger partial charge in [-0.3, -0.25) is 4.68 Å². The number of benzene rings is 1. The van der Waals surface area contributed by atoms with Gasteiger partial charge in [0.05, 0.1) is 12.7 Å². The Balaban J connectivity index is 2.31. The molecule has 0 aliphatic rings. The van der Waals surface area contributed by atoms with E-state index in [4.69, 9.17) is 23.2 Å². The fraction of sp³-hybridized carbons (Fsp3) is 0.182. The number of halogens is 2. The minimum atomic E-state index is 0.604. The van der Waals surface area contributed by atoms with Crippen molar-refractivity contribution in [1.82, 2.24) is 9.78 Å². The molecule has 1 aromatic heterocycles. The zero-order valence-electron chi connectivity index (χ0n) is 8.24. The molecule has 0 saturated carbocycles. The van der Waals surface area contributed by atoms with Gasteiger partial charge in [0.1, 0.15) is 0 Å². The Hall–Kier alpha value is -0.990. The second-order valence-electron chi connectivity index (χ2n) is 3.42. The summed E-state index contributed by atoms with van der Waals surface area (Å²) in [6, 6.07) is 5.50. The summed E-state index contributed by atoms with van der Waals surface area (Å²) in [5.74, 6) is 0. The Bertz CT molecular complexity index is 457. The topological polar surface area (TPSA) is 17.8 Å². The highest BCUT2D eigenvalue weighted by Crippen LogP contribution is 2.24. The predicted molar refractivity (Wildman–Crippen MR) is 62.5 cm³/mol. The molecule has 0 unspecified atom stereocenters. The van der Waals surface area contributed by atoms with Crippen LogP contribution < -0.4 is 0 Å². The molecule has 0 aliphatic heterocycles. The fourth-order valence-corrected chi connectivity index (χ4v) is 1.92. The minimum absolute atomic E-state index is 0.604. The van der Waals surface area contributed by atoms with Crippen LogP contribution in [0.4, 0.5) is 0 Å². The van der Waals surface area contributed by atoms with E-state index in [9.17, 15) is 0 Å². The first kappa shape index (κ1) is 10.5. The largest absolute Gasteiger partial charge is 0.268 e. The summed E-state index contributed by atoms with van der Waals surface area (Å²) in [4.78, 5) is 0. The highest BCUT2D eigenvalue weighted by Gasteiger charge is 2.06. The average Bonchev–Trinajstić information content (AvgIpc) is 2.58. The SMILES string of the molecule is Cc1cnn(Cc2c(Cl)cccc2Cl)c1. The van der Waals surface area contributed by atoms with Crippen LogP contribution in [-0.2, 0) is 6.54 Å². The number of aryl methyl sites for hydroxylation is 1. The summed E-state index contributed by atoms with van der Waals surface area (Å²) in [6.45, 7) is 2.60. The van der Waals surface area contributed by atoms with Crippen LogP contribution in [-0.4, -0.2) is 9.78 Å². The molecule has 15 heavy (non-hydrogen) atoms. The van der Waals surface area contributed by atoms with Crippen molar-refractivity contribution in [2.24, 2.45) is 0 Å². The fourth-order valence-electron chi connectivity index (χ4n) is 1.40. The van der Waals surface area contributed by atoms with E-state index in [0.717, 1.165) is 11.1 Å². The molecule has 0 bridgehead atoms. The van der Waals surface area contributed by atoms with Gasteiger partial charge in [-0.15, -0.1) is 0 Å². The van der Waals surface area contributed by atoms with E-state index in [1.807, 2.05) is 42.2 Å². The normalized spacial score (nSPS) is 10.6. The molecule has 0 fully saturated rings. The van der Waals surface area contributed by atoms with Gasteiger partial charge in [-0.2, -0.15) is 5.10 Å². The van der Waals surface area contributed by atoms with Crippen LogP contribution in [0.5, 0.6) is 0 Å². The molecule has 4 heteroatoms. The highest BCUT2D eigenvalue weighted by molar-refractivity contribution is 6.35. The Kier molecular flexibility index (Phi) is 2.98. The maximum absolute atomic E-state index is 6.06. The lowest BCUT2D eigenvalue weighted by Crippen LogP contribution is -2.01. The highest BCUT2D eigenvalue weighted by atomic mass is 35.5. The standard InChI is InChI=1S/C11H10Cl2N2/c1-8-5-14-15(6-8)7-9-10(12)3-2-4-11(9)13/h2-6H,7H2,1H3. The van der Waals surface area contributed by atoms with Crippen LogP contribution in [0.25, 0.3) is 0 Å². The smallest absolute Gasteiger partial charge is 0.0688 e. The number of hydrogen-bond acceptors (Lipinski definition) is 1. The quantitative estimate of drug-likeness (QED) is 0.786. The lowest BCUT2D eigenvalue weighted by molar-refractivity contribution is 0.687. The van der Waals surface area contributed by atoms with E-state index in [2.05, 4.69) is 5.10 Å². The second kappa shape index (κ2) is 4.25. The van der Waals surface area contributed by atoms with Gasteiger partial charge in [0.25, 0.3) is 0 Å². The summed E-state index contributed by atoms with van der Waals surface area (Å²) >= 11 is 12.1. The first-order chi connectivity index (χ1) is 7.16. The molecule has 0 amide bonds. The van der Waals surface area contributed by atoms with Crippen LogP contribution in [0.15, 0.2) is 30.6 Å². The number of aromatic nitrogens is 2. The van der Waals surface area contributed by atoms with Gasteiger partial charge in [-0.25, -0.2) is 0 Å². The molecular weight excluding hydrogens is 231 g/mol. The van der Waals surface area contributed by atoms with Gasteiger partial charge < -0.3 is 0 Å². The second-order valence-corrected chi connectivity index (χ2v) is 4.23.